The highest BCUT2D eigenvalue weighted by atomic mass is 16.5. The lowest BCUT2D eigenvalue weighted by Gasteiger charge is -2.39. The predicted molar refractivity (Wildman–Crippen MR) is 154 cm³/mol. The van der Waals surface area contributed by atoms with Crippen molar-refractivity contribution >= 4 is 0 Å². The molecule has 1 aromatic heterocycles. The molecule has 4 aromatic rings. The van der Waals surface area contributed by atoms with E-state index in [1.54, 1.807) is 21.5 Å². The Morgan fingerprint density at radius 2 is 1.36 bits per heavy atom. The fourth-order valence-electron chi connectivity index (χ4n) is 6.89. The van der Waals surface area contributed by atoms with Gasteiger partial charge in [-0.1, -0.05) is 39.0 Å². The molecule has 39 heavy (non-hydrogen) atoms. The molecule has 6 heteroatoms. The molecular formula is C33H37N3O3. The van der Waals surface area contributed by atoms with E-state index in [0.29, 0.717) is 23.5 Å². The zero-order chi connectivity index (χ0) is 27.0. The van der Waals surface area contributed by atoms with Crippen LogP contribution in [0.25, 0.3) is 11.4 Å². The first-order valence-electron chi connectivity index (χ1n) is 13.9. The molecule has 2 heterocycles. The van der Waals surface area contributed by atoms with Crippen LogP contribution in [0, 0.1) is 10.8 Å². The maximum Gasteiger partial charge on any atom is 0.337 e. The summed E-state index contributed by atoms with van der Waals surface area (Å²) in [6.07, 6.45) is 7.47. The van der Waals surface area contributed by atoms with Gasteiger partial charge < -0.3 is 9.47 Å². The highest BCUT2D eigenvalue weighted by Crippen LogP contribution is 2.52. The second-order valence-corrected chi connectivity index (χ2v) is 12.3. The zero-order valence-corrected chi connectivity index (χ0v) is 23.0. The van der Waals surface area contributed by atoms with Crippen molar-refractivity contribution in [3.63, 3.8) is 0 Å². The van der Waals surface area contributed by atoms with Crippen molar-refractivity contribution in [3.8, 4) is 28.6 Å². The van der Waals surface area contributed by atoms with E-state index in [9.17, 15) is 4.79 Å². The molecule has 2 bridgehead atoms. The van der Waals surface area contributed by atoms with Crippen LogP contribution in [0.1, 0.15) is 40.0 Å². The molecule has 0 N–H and O–H groups in total. The first kappa shape index (κ1) is 25.5. The van der Waals surface area contributed by atoms with Gasteiger partial charge >= 0.3 is 5.69 Å². The van der Waals surface area contributed by atoms with Crippen LogP contribution in [-0.4, -0.2) is 39.8 Å². The summed E-state index contributed by atoms with van der Waals surface area (Å²) < 4.78 is 15.2. The number of imidazole rings is 1. The zero-order valence-electron chi connectivity index (χ0n) is 23.0. The predicted octanol–water partition coefficient (Wildman–Crippen LogP) is 6.70. The van der Waals surface area contributed by atoms with Gasteiger partial charge in [0.05, 0.1) is 11.4 Å². The Labute approximate surface area is 230 Å². The van der Waals surface area contributed by atoms with Gasteiger partial charge in [-0.25, -0.2) is 4.79 Å². The average Bonchev–Trinajstić information content (AvgIpc) is 3.40. The van der Waals surface area contributed by atoms with E-state index in [1.807, 2.05) is 78.9 Å². The average molecular weight is 524 g/mol. The lowest BCUT2D eigenvalue weighted by Crippen LogP contribution is -2.36. The Balaban J connectivity index is 1.07. The van der Waals surface area contributed by atoms with E-state index in [2.05, 4.69) is 25.7 Å². The van der Waals surface area contributed by atoms with Crippen molar-refractivity contribution in [1.82, 2.24) is 14.0 Å². The summed E-state index contributed by atoms with van der Waals surface area (Å²) >= 11 is 0. The number of aromatic nitrogens is 2. The van der Waals surface area contributed by atoms with Crippen molar-refractivity contribution in [2.24, 2.45) is 10.8 Å². The van der Waals surface area contributed by atoms with E-state index >= 15 is 0 Å². The second-order valence-electron chi connectivity index (χ2n) is 12.3. The molecule has 6 rings (SSSR count). The summed E-state index contributed by atoms with van der Waals surface area (Å²) in [5, 5.41) is 0. The van der Waals surface area contributed by atoms with E-state index in [0.717, 1.165) is 35.2 Å². The monoisotopic (exact) mass is 523 g/mol. The molecule has 2 atom stereocenters. The Kier molecular flexibility index (Phi) is 6.59. The lowest BCUT2D eigenvalue weighted by atomic mass is 9.65. The number of nitrogens with zero attached hydrogens (tertiary/aromatic N) is 3. The van der Waals surface area contributed by atoms with Crippen molar-refractivity contribution in [3.05, 3.63) is 102 Å². The van der Waals surface area contributed by atoms with Crippen LogP contribution < -0.4 is 15.2 Å². The Morgan fingerprint density at radius 1 is 0.769 bits per heavy atom. The lowest BCUT2D eigenvalue weighted by molar-refractivity contribution is 0.124. The van der Waals surface area contributed by atoms with E-state index in [-0.39, 0.29) is 5.69 Å². The van der Waals surface area contributed by atoms with Crippen LogP contribution in [0.5, 0.6) is 17.2 Å². The van der Waals surface area contributed by atoms with Crippen LogP contribution >= 0.6 is 0 Å². The number of hydrogen-bond donors (Lipinski definition) is 0. The van der Waals surface area contributed by atoms with Gasteiger partial charge in [0.25, 0.3) is 0 Å². The molecule has 6 nitrogen and oxygen atoms in total. The summed E-state index contributed by atoms with van der Waals surface area (Å²) in [6.45, 7) is 10.1. The molecule has 0 radical (unpaired) electrons. The SMILES string of the molecule is CC1(C)CC2CC(C)(CN2CCOc2ccc(-n3ccn(-c4ccc(Oc5ccccc5)cc4)c3=O)cc2)C1. The number of hydrogen-bond acceptors (Lipinski definition) is 4. The molecule has 0 amide bonds. The summed E-state index contributed by atoms with van der Waals surface area (Å²) in [5.41, 5.74) is 2.33. The molecule has 2 unspecified atom stereocenters. The summed E-state index contributed by atoms with van der Waals surface area (Å²) in [7, 11) is 0. The third kappa shape index (κ3) is 5.52. The first-order chi connectivity index (χ1) is 18.8. The van der Waals surface area contributed by atoms with Gasteiger partial charge in [-0.05, 0) is 90.8 Å². The maximum atomic E-state index is 13.2. The van der Waals surface area contributed by atoms with Crippen LogP contribution in [0.2, 0.25) is 0 Å². The molecule has 1 saturated carbocycles. The Bertz CT molecular complexity index is 1470. The fraction of sp³-hybridized carbons (Fsp3) is 0.364. The van der Waals surface area contributed by atoms with Crippen molar-refractivity contribution < 1.29 is 9.47 Å². The molecule has 2 fully saturated rings. The fourth-order valence-corrected chi connectivity index (χ4v) is 6.89. The minimum atomic E-state index is -0.128. The van der Waals surface area contributed by atoms with Gasteiger partial charge in [-0.3, -0.25) is 14.0 Å². The molecular weight excluding hydrogens is 486 g/mol. The van der Waals surface area contributed by atoms with Crippen LogP contribution in [0.15, 0.2) is 96.1 Å². The second kappa shape index (κ2) is 10.1. The minimum Gasteiger partial charge on any atom is -0.492 e. The van der Waals surface area contributed by atoms with Gasteiger partial charge in [0.1, 0.15) is 23.9 Å². The largest absolute Gasteiger partial charge is 0.492 e. The number of fused-ring (bicyclic) bond motifs is 2. The molecule has 3 aromatic carbocycles. The summed E-state index contributed by atoms with van der Waals surface area (Å²) in [6, 6.07) is 25.6. The van der Waals surface area contributed by atoms with Crippen molar-refractivity contribution in [2.45, 2.75) is 46.1 Å². The van der Waals surface area contributed by atoms with E-state index in [4.69, 9.17) is 9.47 Å². The molecule has 1 saturated heterocycles. The smallest absolute Gasteiger partial charge is 0.337 e. The van der Waals surface area contributed by atoms with Crippen LogP contribution in [0.3, 0.4) is 0 Å². The van der Waals surface area contributed by atoms with Crippen molar-refractivity contribution in [1.29, 1.82) is 0 Å². The number of ether oxygens (including phenoxy) is 2. The summed E-state index contributed by atoms with van der Waals surface area (Å²) in [5.74, 6) is 2.32. The molecule has 1 aliphatic heterocycles. The topological polar surface area (TPSA) is 48.6 Å². The normalized spacial score (nSPS) is 22.1. The van der Waals surface area contributed by atoms with E-state index < -0.39 is 0 Å². The highest BCUT2D eigenvalue weighted by molar-refractivity contribution is 5.41. The molecule has 0 spiro atoms. The number of benzene rings is 3. The van der Waals surface area contributed by atoms with Gasteiger partial charge in [0, 0.05) is 31.5 Å². The molecule has 1 aliphatic carbocycles. The maximum absolute atomic E-state index is 13.2. The van der Waals surface area contributed by atoms with Gasteiger partial charge in [0.15, 0.2) is 0 Å². The highest BCUT2D eigenvalue weighted by Gasteiger charge is 2.49. The van der Waals surface area contributed by atoms with Crippen LogP contribution in [-0.2, 0) is 0 Å². The standard InChI is InChI=1S/C33H37N3O3/c1-32(2)21-27-22-33(3,23-32)24-34(27)19-20-38-28-13-9-25(10-14-28)35-17-18-36(31(35)37)26-11-15-30(16-12-26)39-29-7-5-4-6-8-29/h4-18,27H,19-24H2,1-3H3. The van der Waals surface area contributed by atoms with Gasteiger partial charge in [-0.15, -0.1) is 0 Å². The molecule has 202 valence electrons. The minimum absolute atomic E-state index is 0.128. The van der Waals surface area contributed by atoms with Gasteiger partial charge in [0.2, 0.25) is 0 Å². The Morgan fingerprint density at radius 3 is 2.00 bits per heavy atom. The third-order valence-electron chi connectivity index (χ3n) is 8.16. The van der Waals surface area contributed by atoms with Crippen molar-refractivity contribution in [2.75, 3.05) is 19.7 Å². The first-order valence-corrected chi connectivity index (χ1v) is 13.9. The quantitative estimate of drug-likeness (QED) is 0.258. The summed E-state index contributed by atoms with van der Waals surface area (Å²) in [4.78, 5) is 15.8. The third-order valence-corrected chi connectivity index (χ3v) is 8.16. The Hall–Kier alpha value is -3.77. The number of likely N-dealkylation sites (tertiary alicyclic amines) is 1. The number of rotatable bonds is 8. The van der Waals surface area contributed by atoms with Gasteiger partial charge in [-0.2, -0.15) is 0 Å². The van der Waals surface area contributed by atoms with E-state index in [1.165, 1.54) is 25.8 Å². The number of para-hydroxylation sites is 1. The van der Waals surface area contributed by atoms with Crippen LogP contribution in [0.4, 0.5) is 0 Å². The molecule has 2 aliphatic rings.